The second kappa shape index (κ2) is 4.70. The number of hydrogen-bond donors (Lipinski definition) is 1. The zero-order chi connectivity index (χ0) is 13.3. The number of thiazole rings is 1. The topological polar surface area (TPSA) is 73.0 Å². The van der Waals surface area contributed by atoms with Crippen LogP contribution in [0.25, 0.3) is 0 Å². The summed E-state index contributed by atoms with van der Waals surface area (Å²) in [6.45, 7) is 3.64. The van der Waals surface area contributed by atoms with E-state index in [-0.39, 0.29) is 10.6 Å². The van der Waals surface area contributed by atoms with Crippen LogP contribution in [-0.4, -0.2) is 13.4 Å². The van der Waals surface area contributed by atoms with Crippen molar-refractivity contribution in [3.8, 4) is 0 Å². The highest BCUT2D eigenvalue weighted by molar-refractivity contribution is 7.90. The molecule has 0 bridgehead atoms. The monoisotopic (exact) mass is 282 g/mol. The minimum Gasteiger partial charge on any atom is -0.397 e. The average Bonchev–Trinajstić information content (AvgIpc) is 2.67. The fourth-order valence-corrected chi connectivity index (χ4v) is 3.86. The van der Waals surface area contributed by atoms with Crippen molar-refractivity contribution >= 4 is 26.9 Å². The number of benzene rings is 1. The van der Waals surface area contributed by atoms with Crippen LogP contribution in [0.3, 0.4) is 0 Å². The van der Waals surface area contributed by atoms with E-state index < -0.39 is 9.84 Å². The number of sulfone groups is 1. The summed E-state index contributed by atoms with van der Waals surface area (Å²) in [6, 6.07) is 5.03. The van der Waals surface area contributed by atoms with Crippen molar-refractivity contribution in [3.63, 3.8) is 0 Å². The van der Waals surface area contributed by atoms with E-state index in [1.807, 2.05) is 6.92 Å². The van der Waals surface area contributed by atoms with Crippen molar-refractivity contribution in [3.05, 3.63) is 39.8 Å². The van der Waals surface area contributed by atoms with Crippen molar-refractivity contribution in [2.75, 3.05) is 5.73 Å². The molecular weight excluding hydrogens is 268 g/mol. The Hall–Kier alpha value is -1.40. The van der Waals surface area contributed by atoms with Crippen LogP contribution in [0.5, 0.6) is 0 Å². The van der Waals surface area contributed by atoms with Gasteiger partial charge in [-0.1, -0.05) is 12.1 Å². The molecule has 0 fully saturated rings. The second-order valence-electron chi connectivity index (χ2n) is 4.10. The molecule has 1 aromatic heterocycles. The lowest BCUT2D eigenvalue weighted by molar-refractivity contribution is 0.595. The van der Waals surface area contributed by atoms with Gasteiger partial charge in [0.1, 0.15) is 0 Å². The van der Waals surface area contributed by atoms with Gasteiger partial charge in [0.2, 0.25) is 0 Å². The van der Waals surface area contributed by atoms with Crippen LogP contribution in [0.15, 0.2) is 28.5 Å². The summed E-state index contributed by atoms with van der Waals surface area (Å²) in [6.07, 6.45) is 0. The first kappa shape index (κ1) is 13.0. The third-order valence-corrected chi connectivity index (χ3v) is 5.15. The third-order valence-electron chi connectivity index (χ3n) is 2.62. The molecule has 0 aliphatic rings. The smallest absolute Gasteiger partial charge is 0.186 e. The Balaban J connectivity index is 2.40. The number of para-hydroxylation sites is 1. The zero-order valence-corrected chi connectivity index (χ0v) is 11.8. The first-order chi connectivity index (χ1) is 8.40. The Labute approximate surface area is 110 Å². The summed E-state index contributed by atoms with van der Waals surface area (Å²) in [5.41, 5.74) is 7.49. The predicted octanol–water partition coefficient (Wildman–Crippen LogP) is 2.32. The fraction of sp³-hybridized carbons (Fsp3) is 0.250. The number of nitrogens with two attached hydrogens (primary N) is 1. The van der Waals surface area contributed by atoms with E-state index in [0.717, 1.165) is 10.6 Å². The molecule has 1 aromatic carbocycles. The summed E-state index contributed by atoms with van der Waals surface area (Å²) in [5, 5.41) is 2.62. The minimum absolute atomic E-state index is 0.106. The summed E-state index contributed by atoms with van der Waals surface area (Å²) in [5.74, 6) is -0.106. The Morgan fingerprint density at radius 2 is 2.06 bits per heavy atom. The lowest BCUT2D eigenvalue weighted by Crippen LogP contribution is -2.09. The molecule has 4 nitrogen and oxygen atoms in total. The van der Waals surface area contributed by atoms with Crippen molar-refractivity contribution in [1.82, 2.24) is 4.98 Å². The van der Waals surface area contributed by atoms with Crippen LogP contribution in [0.1, 0.15) is 16.3 Å². The average molecular weight is 282 g/mol. The number of rotatable bonds is 3. The lowest BCUT2D eigenvalue weighted by atomic mass is 10.2. The van der Waals surface area contributed by atoms with Crippen LogP contribution >= 0.6 is 11.3 Å². The highest BCUT2D eigenvalue weighted by Gasteiger charge is 2.20. The molecule has 0 unspecified atom stereocenters. The Morgan fingerprint density at radius 1 is 1.33 bits per heavy atom. The summed E-state index contributed by atoms with van der Waals surface area (Å²) >= 11 is 1.44. The van der Waals surface area contributed by atoms with Gasteiger partial charge in [0.15, 0.2) is 9.84 Å². The molecule has 18 heavy (non-hydrogen) atoms. The molecule has 2 rings (SSSR count). The highest BCUT2D eigenvalue weighted by Crippen LogP contribution is 2.25. The van der Waals surface area contributed by atoms with E-state index in [1.165, 1.54) is 17.4 Å². The van der Waals surface area contributed by atoms with Crippen LogP contribution in [-0.2, 0) is 15.6 Å². The molecule has 0 aliphatic heterocycles. The largest absolute Gasteiger partial charge is 0.397 e. The van der Waals surface area contributed by atoms with Gasteiger partial charge < -0.3 is 5.73 Å². The van der Waals surface area contributed by atoms with Gasteiger partial charge in [-0.3, -0.25) is 0 Å². The van der Waals surface area contributed by atoms with Gasteiger partial charge in [-0.2, -0.15) is 0 Å². The van der Waals surface area contributed by atoms with Crippen LogP contribution in [0.2, 0.25) is 0 Å². The number of anilines is 1. The summed E-state index contributed by atoms with van der Waals surface area (Å²) in [4.78, 5) is 4.36. The van der Waals surface area contributed by atoms with Gasteiger partial charge in [0.25, 0.3) is 0 Å². The summed E-state index contributed by atoms with van der Waals surface area (Å²) in [7, 11) is -3.43. The van der Waals surface area contributed by atoms with Crippen molar-refractivity contribution in [2.24, 2.45) is 0 Å². The molecule has 0 saturated carbocycles. The van der Waals surface area contributed by atoms with E-state index in [9.17, 15) is 8.42 Å². The van der Waals surface area contributed by atoms with Crippen molar-refractivity contribution in [2.45, 2.75) is 24.5 Å². The van der Waals surface area contributed by atoms with Crippen LogP contribution in [0.4, 0.5) is 5.69 Å². The van der Waals surface area contributed by atoms with Gasteiger partial charge >= 0.3 is 0 Å². The van der Waals surface area contributed by atoms with Crippen LogP contribution < -0.4 is 5.73 Å². The van der Waals surface area contributed by atoms with Gasteiger partial charge in [0.05, 0.1) is 27.0 Å². The van der Waals surface area contributed by atoms with Gasteiger partial charge in [-0.15, -0.1) is 11.3 Å². The maximum absolute atomic E-state index is 12.3. The number of hydrogen-bond acceptors (Lipinski definition) is 5. The quantitative estimate of drug-likeness (QED) is 0.877. The standard InChI is InChI=1S/C12H14N2O2S2/c1-8-4-3-5-11(12(8)13)18(15,16)7-10-6-17-9(2)14-10/h3-6H,7,13H2,1-2H3. The van der Waals surface area contributed by atoms with Gasteiger partial charge in [-0.25, -0.2) is 13.4 Å². The van der Waals surface area contributed by atoms with Crippen LogP contribution in [0, 0.1) is 13.8 Å². The highest BCUT2D eigenvalue weighted by atomic mass is 32.2. The van der Waals surface area contributed by atoms with E-state index in [1.54, 1.807) is 24.4 Å². The molecule has 0 saturated heterocycles. The maximum Gasteiger partial charge on any atom is 0.186 e. The first-order valence-electron chi connectivity index (χ1n) is 5.39. The lowest BCUT2D eigenvalue weighted by Gasteiger charge is -2.08. The predicted molar refractivity (Wildman–Crippen MR) is 73.3 cm³/mol. The van der Waals surface area contributed by atoms with Crippen molar-refractivity contribution in [1.29, 1.82) is 0 Å². The third kappa shape index (κ3) is 2.54. The normalized spacial score (nSPS) is 11.7. The molecule has 0 atom stereocenters. The Kier molecular flexibility index (Phi) is 3.41. The fourth-order valence-electron chi connectivity index (χ4n) is 1.67. The van der Waals surface area contributed by atoms with E-state index in [4.69, 9.17) is 5.73 Å². The Bertz CT molecular complexity index is 675. The number of aryl methyl sites for hydroxylation is 2. The molecule has 2 aromatic rings. The molecule has 96 valence electrons. The SMILES string of the molecule is Cc1nc(CS(=O)(=O)c2cccc(C)c2N)cs1. The number of nitrogens with zero attached hydrogens (tertiary/aromatic N) is 1. The molecule has 0 amide bonds. The van der Waals surface area contributed by atoms with Gasteiger partial charge in [-0.05, 0) is 25.5 Å². The summed E-state index contributed by atoms with van der Waals surface area (Å²) < 4.78 is 24.5. The maximum atomic E-state index is 12.3. The second-order valence-corrected chi connectivity index (χ2v) is 7.12. The zero-order valence-electron chi connectivity index (χ0n) is 10.2. The van der Waals surface area contributed by atoms with E-state index in [0.29, 0.717) is 11.4 Å². The molecule has 1 heterocycles. The Morgan fingerprint density at radius 3 is 2.67 bits per heavy atom. The van der Waals surface area contributed by atoms with E-state index in [2.05, 4.69) is 4.98 Å². The molecule has 0 spiro atoms. The van der Waals surface area contributed by atoms with E-state index >= 15 is 0 Å². The number of nitrogen functional groups attached to an aromatic ring is 1. The minimum atomic E-state index is -3.43. The molecule has 0 aliphatic carbocycles. The van der Waals surface area contributed by atoms with Gasteiger partial charge in [0, 0.05) is 5.38 Å². The first-order valence-corrected chi connectivity index (χ1v) is 7.92. The van der Waals surface area contributed by atoms with Crippen molar-refractivity contribution < 1.29 is 8.42 Å². The molecule has 6 heteroatoms. The molecule has 0 radical (unpaired) electrons. The molecule has 2 N–H and O–H groups in total. The molecular formula is C12H14N2O2S2. The number of aromatic nitrogens is 1.